The highest BCUT2D eigenvalue weighted by Gasteiger charge is 2.09. The van der Waals surface area contributed by atoms with Gasteiger partial charge in [-0.3, -0.25) is 0 Å². The Morgan fingerprint density at radius 3 is 2.67 bits per heavy atom. The Morgan fingerprint density at radius 1 is 1.50 bits per heavy atom. The van der Waals surface area contributed by atoms with Gasteiger partial charge in [-0.2, -0.15) is 0 Å². The standard InChI is InChI=1S/C13H18BrNO3/c1-9(16)5-6-15(2)8-11-4-3-10(13(17)18)7-12(11)14/h3-4,7,9,16H,5-6,8H2,1-2H3,(H,17,18). The first-order valence-electron chi connectivity index (χ1n) is 5.78. The third-order valence-corrected chi connectivity index (χ3v) is 3.41. The quantitative estimate of drug-likeness (QED) is 0.846. The van der Waals surface area contributed by atoms with Gasteiger partial charge in [-0.05, 0) is 38.1 Å². The van der Waals surface area contributed by atoms with Gasteiger partial charge in [-0.15, -0.1) is 0 Å². The summed E-state index contributed by atoms with van der Waals surface area (Å²) >= 11 is 3.38. The third-order valence-electron chi connectivity index (χ3n) is 2.67. The monoisotopic (exact) mass is 315 g/mol. The summed E-state index contributed by atoms with van der Waals surface area (Å²) in [5.41, 5.74) is 1.31. The molecule has 0 aliphatic carbocycles. The van der Waals surface area contributed by atoms with Gasteiger partial charge in [0, 0.05) is 17.6 Å². The summed E-state index contributed by atoms with van der Waals surface area (Å²) in [5, 5.41) is 18.1. The molecular weight excluding hydrogens is 298 g/mol. The van der Waals surface area contributed by atoms with Crippen molar-refractivity contribution in [1.82, 2.24) is 4.90 Å². The minimum Gasteiger partial charge on any atom is -0.478 e. The van der Waals surface area contributed by atoms with Crippen LogP contribution in [0.1, 0.15) is 29.3 Å². The van der Waals surface area contributed by atoms with Crippen LogP contribution in [0.5, 0.6) is 0 Å². The number of nitrogens with zero attached hydrogens (tertiary/aromatic N) is 1. The lowest BCUT2D eigenvalue weighted by Gasteiger charge is -2.18. The number of aliphatic hydroxyl groups excluding tert-OH is 1. The van der Waals surface area contributed by atoms with Crippen LogP contribution in [0.15, 0.2) is 22.7 Å². The fourth-order valence-corrected chi connectivity index (χ4v) is 2.09. The van der Waals surface area contributed by atoms with Gasteiger partial charge >= 0.3 is 5.97 Å². The summed E-state index contributed by atoms with van der Waals surface area (Å²) in [5.74, 6) is -0.926. The molecule has 0 heterocycles. The second-order valence-corrected chi connectivity index (χ2v) is 5.34. The summed E-state index contributed by atoms with van der Waals surface area (Å²) in [6, 6.07) is 5.03. The summed E-state index contributed by atoms with van der Waals surface area (Å²) < 4.78 is 0.797. The van der Waals surface area contributed by atoms with E-state index in [9.17, 15) is 9.90 Å². The molecule has 1 aromatic rings. The zero-order valence-electron chi connectivity index (χ0n) is 10.6. The van der Waals surface area contributed by atoms with Crippen molar-refractivity contribution in [2.24, 2.45) is 0 Å². The van der Waals surface area contributed by atoms with E-state index in [0.29, 0.717) is 6.54 Å². The first-order chi connectivity index (χ1) is 8.40. The Hall–Kier alpha value is -0.910. The van der Waals surface area contributed by atoms with Gasteiger partial charge in [0.1, 0.15) is 0 Å². The van der Waals surface area contributed by atoms with E-state index in [1.54, 1.807) is 19.1 Å². The maximum Gasteiger partial charge on any atom is 0.335 e. The molecule has 0 saturated carbocycles. The Balaban J connectivity index is 2.64. The number of carboxylic acid groups (broad SMARTS) is 1. The molecule has 100 valence electrons. The van der Waals surface area contributed by atoms with Crippen molar-refractivity contribution in [2.45, 2.75) is 26.0 Å². The average Bonchev–Trinajstić information content (AvgIpc) is 2.29. The number of carboxylic acids is 1. The van der Waals surface area contributed by atoms with Crippen LogP contribution in [0.4, 0.5) is 0 Å². The van der Waals surface area contributed by atoms with Crippen LogP contribution < -0.4 is 0 Å². The maximum absolute atomic E-state index is 10.8. The molecule has 1 unspecified atom stereocenters. The number of halogens is 1. The highest BCUT2D eigenvalue weighted by Crippen LogP contribution is 2.20. The van der Waals surface area contributed by atoms with Crippen molar-refractivity contribution in [3.05, 3.63) is 33.8 Å². The summed E-state index contributed by atoms with van der Waals surface area (Å²) in [7, 11) is 1.97. The average molecular weight is 316 g/mol. The number of rotatable bonds is 6. The Bertz CT molecular complexity index is 421. The summed E-state index contributed by atoms with van der Waals surface area (Å²) in [6.07, 6.45) is 0.423. The van der Waals surface area contributed by atoms with E-state index in [-0.39, 0.29) is 11.7 Å². The molecule has 2 N–H and O–H groups in total. The molecule has 0 radical (unpaired) electrons. The molecule has 4 nitrogen and oxygen atoms in total. The smallest absolute Gasteiger partial charge is 0.335 e. The SMILES string of the molecule is CC(O)CCN(C)Cc1ccc(C(=O)O)cc1Br. The minimum atomic E-state index is -0.926. The Labute approximate surface area is 115 Å². The molecular formula is C13H18BrNO3. The third kappa shape index (κ3) is 4.76. The van der Waals surface area contributed by atoms with E-state index in [1.807, 2.05) is 13.1 Å². The van der Waals surface area contributed by atoms with Gasteiger partial charge in [-0.25, -0.2) is 4.79 Å². The molecule has 18 heavy (non-hydrogen) atoms. The van der Waals surface area contributed by atoms with Crippen LogP contribution in [0, 0.1) is 0 Å². The normalized spacial score (nSPS) is 12.7. The van der Waals surface area contributed by atoms with Crippen molar-refractivity contribution in [2.75, 3.05) is 13.6 Å². The van der Waals surface area contributed by atoms with Crippen LogP contribution >= 0.6 is 15.9 Å². The van der Waals surface area contributed by atoms with E-state index in [0.717, 1.165) is 23.0 Å². The van der Waals surface area contributed by atoms with Crippen LogP contribution in [0.2, 0.25) is 0 Å². The first-order valence-corrected chi connectivity index (χ1v) is 6.57. The summed E-state index contributed by atoms with van der Waals surface area (Å²) in [4.78, 5) is 12.9. The van der Waals surface area contributed by atoms with Gasteiger partial charge in [0.25, 0.3) is 0 Å². The zero-order valence-corrected chi connectivity index (χ0v) is 12.1. The Morgan fingerprint density at radius 2 is 2.17 bits per heavy atom. The molecule has 5 heteroatoms. The number of carbonyl (C=O) groups is 1. The number of aromatic carboxylic acids is 1. The van der Waals surface area contributed by atoms with Gasteiger partial charge in [-0.1, -0.05) is 22.0 Å². The predicted molar refractivity (Wildman–Crippen MR) is 73.7 cm³/mol. The maximum atomic E-state index is 10.8. The lowest BCUT2D eigenvalue weighted by Crippen LogP contribution is -2.22. The van der Waals surface area contributed by atoms with E-state index >= 15 is 0 Å². The fourth-order valence-electron chi connectivity index (χ4n) is 1.59. The van der Waals surface area contributed by atoms with Gasteiger partial charge in [0.15, 0.2) is 0 Å². The van der Waals surface area contributed by atoms with Gasteiger partial charge in [0.05, 0.1) is 11.7 Å². The number of aliphatic hydroxyl groups is 1. The largest absolute Gasteiger partial charge is 0.478 e. The Kier molecular flexibility index (Phi) is 5.78. The molecule has 1 atom stereocenters. The molecule has 0 bridgehead atoms. The van der Waals surface area contributed by atoms with E-state index in [2.05, 4.69) is 20.8 Å². The second kappa shape index (κ2) is 6.87. The molecule has 0 fully saturated rings. The van der Waals surface area contributed by atoms with Crippen molar-refractivity contribution >= 4 is 21.9 Å². The van der Waals surface area contributed by atoms with E-state index < -0.39 is 5.97 Å². The van der Waals surface area contributed by atoms with Crippen molar-refractivity contribution in [3.63, 3.8) is 0 Å². The van der Waals surface area contributed by atoms with Crippen LogP contribution in [-0.2, 0) is 6.54 Å². The molecule has 0 aliphatic rings. The molecule has 1 aromatic carbocycles. The van der Waals surface area contributed by atoms with Crippen molar-refractivity contribution in [3.8, 4) is 0 Å². The highest BCUT2D eigenvalue weighted by molar-refractivity contribution is 9.10. The molecule has 0 aliphatic heterocycles. The molecule has 1 rings (SSSR count). The number of benzene rings is 1. The number of hydrogen-bond acceptors (Lipinski definition) is 3. The van der Waals surface area contributed by atoms with Gasteiger partial charge in [0.2, 0.25) is 0 Å². The van der Waals surface area contributed by atoms with Gasteiger partial charge < -0.3 is 15.1 Å². The van der Waals surface area contributed by atoms with E-state index in [1.165, 1.54) is 0 Å². The van der Waals surface area contributed by atoms with Crippen LogP contribution in [0.3, 0.4) is 0 Å². The highest BCUT2D eigenvalue weighted by atomic mass is 79.9. The lowest BCUT2D eigenvalue weighted by molar-refractivity contribution is 0.0696. The van der Waals surface area contributed by atoms with Crippen molar-refractivity contribution in [1.29, 1.82) is 0 Å². The summed E-state index contributed by atoms with van der Waals surface area (Å²) in [6.45, 7) is 3.28. The zero-order chi connectivity index (χ0) is 13.7. The fraction of sp³-hybridized carbons (Fsp3) is 0.462. The lowest BCUT2D eigenvalue weighted by atomic mass is 10.1. The number of hydrogen-bond donors (Lipinski definition) is 2. The van der Waals surface area contributed by atoms with Crippen LogP contribution in [0.25, 0.3) is 0 Å². The van der Waals surface area contributed by atoms with E-state index in [4.69, 9.17) is 5.11 Å². The predicted octanol–water partition coefficient (Wildman–Crippen LogP) is 2.35. The van der Waals surface area contributed by atoms with Crippen LogP contribution in [-0.4, -0.2) is 40.8 Å². The molecule has 0 saturated heterocycles. The molecule has 0 aromatic heterocycles. The molecule has 0 amide bonds. The first kappa shape index (κ1) is 15.1. The molecule has 0 spiro atoms. The van der Waals surface area contributed by atoms with Crippen molar-refractivity contribution < 1.29 is 15.0 Å². The second-order valence-electron chi connectivity index (χ2n) is 4.49. The minimum absolute atomic E-state index is 0.275. The topological polar surface area (TPSA) is 60.8 Å².